The van der Waals surface area contributed by atoms with E-state index < -0.39 is 17.6 Å². The minimum atomic E-state index is -0.683. The Hall–Kier alpha value is -2.41. The molecule has 0 saturated carbocycles. The summed E-state index contributed by atoms with van der Waals surface area (Å²) < 4.78 is 13.6. The summed E-state index contributed by atoms with van der Waals surface area (Å²) in [5.74, 6) is -2.16. The van der Waals surface area contributed by atoms with Crippen molar-refractivity contribution in [2.75, 3.05) is 0 Å². The molecule has 7 heteroatoms. The molecule has 108 valence electrons. The Morgan fingerprint density at radius 2 is 1.71 bits per heavy atom. The second-order valence-corrected chi connectivity index (χ2v) is 5.00. The lowest BCUT2D eigenvalue weighted by Crippen LogP contribution is -2.41. The third-order valence-corrected chi connectivity index (χ3v) is 3.02. The number of carbonyl (C=O) groups is 2. The topological polar surface area (TPSA) is 78.4 Å². The number of hydrazine groups is 1. The lowest BCUT2D eigenvalue weighted by atomic mass is 10.2. The first kappa shape index (κ1) is 15.0. The first-order chi connectivity index (χ1) is 9.97. The second-order valence-electron chi connectivity index (χ2n) is 4.08. The molecule has 0 aliphatic rings. The van der Waals surface area contributed by atoms with Crippen LogP contribution in [-0.4, -0.2) is 16.9 Å². The highest BCUT2D eigenvalue weighted by Crippen LogP contribution is 2.16. The van der Waals surface area contributed by atoms with Crippen molar-refractivity contribution < 1.29 is 19.1 Å². The molecule has 0 heterocycles. The Bertz CT molecular complexity index is 686. The van der Waals surface area contributed by atoms with E-state index in [1.54, 1.807) is 12.1 Å². The zero-order valence-corrected chi connectivity index (χ0v) is 12.1. The summed E-state index contributed by atoms with van der Waals surface area (Å²) in [4.78, 5) is 23.6. The van der Waals surface area contributed by atoms with E-state index in [2.05, 4.69) is 26.8 Å². The summed E-state index contributed by atoms with van der Waals surface area (Å²) >= 11 is 3.07. The fourth-order valence-electron chi connectivity index (χ4n) is 1.60. The number of hydrogen-bond acceptors (Lipinski definition) is 3. The van der Waals surface area contributed by atoms with Crippen LogP contribution >= 0.6 is 15.9 Å². The van der Waals surface area contributed by atoms with Crippen LogP contribution < -0.4 is 10.9 Å². The first-order valence-corrected chi connectivity index (χ1v) is 6.61. The number of hydrogen-bond donors (Lipinski definition) is 3. The normalized spacial score (nSPS) is 10.0. The summed E-state index contributed by atoms with van der Waals surface area (Å²) in [5, 5.41) is 9.51. The second kappa shape index (κ2) is 6.36. The van der Waals surface area contributed by atoms with Gasteiger partial charge in [0.25, 0.3) is 11.8 Å². The minimum Gasteiger partial charge on any atom is -0.507 e. The number of phenols is 1. The number of carbonyl (C=O) groups excluding carboxylic acids is 2. The predicted octanol–water partition coefficient (Wildman–Crippen LogP) is 2.37. The molecule has 5 nitrogen and oxygen atoms in total. The van der Waals surface area contributed by atoms with Gasteiger partial charge >= 0.3 is 0 Å². The fraction of sp³-hybridized carbons (Fsp3) is 0. The quantitative estimate of drug-likeness (QED) is 0.726. The van der Waals surface area contributed by atoms with E-state index in [1.165, 1.54) is 24.3 Å². The monoisotopic (exact) mass is 352 g/mol. The molecule has 3 N–H and O–H groups in total. The van der Waals surface area contributed by atoms with E-state index in [0.29, 0.717) is 4.47 Å². The van der Waals surface area contributed by atoms with E-state index in [9.17, 15) is 19.1 Å². The van der Waals surface area contributed by atoms with Crippen molar-refractivity contribution in [3.8, 4) is 5.75 Å². The zero-order chi connectivity index (χ0) is 15.4. The van der Waals surface area contributed by atoms with Gasteiger partial charge in [0, 0.05) is 10.0 Å². The number of rotatable bonds is 2. The van der Waals surface area contributed by atoms with Crippen molar-refractivity contribution in [1.29, 1.82) is 0 Å². The Morgan fingerprint density at radius 1 is 1.05 bits per heavy atom. The van der Waals surface area contributed by atoms with Crippen molar-refractivity contribution >= 4 is 27.7 Å². The molecule has 2 amide bonds. The molecule has 2 aromatic carbocycles. The van der Waals surface area contributed by atoms with Gasteiger partial charge in [0.05, 0.1) is 5.56 Å². The number of benzene rings is 2. The Labute approximate surface area is 127 Å². The van der Waals surface area contributed by atoms with Gasteiger partial charge in [-0.2, -0.15) is 0 Å². The maximum atomic E-state index is 13.2. The fourth-order valence-corrected chi connectivity index (χ4v) is 2.07. The highest BCUT2D eigenvalue weighted by atomic mass is 79.9. The molecule has 0 radical (unpaired) electrons. The van der Waals surface area contributed by atoms with Crippen molar-refractivity contribution in [1.82, 2.24) is 10.9 Å². The Morgan fingerprint density at radius 3 is 2.38 bits per heavy atom. The van der Waals surface area contributed by atoms with Crippen LogP contribution in [0.2, 0.25) is 0 Å². The first-order valence-electron chi connectivity index (χ1n) is 5.82. The van der Waals surface area contributed by atoms with Crippen LogP contribution in [0.15, 0.2) is 46.9 Å². The molecule has 0 aliphatic carbocycles. The van der Waals surface area contributed by atoms with Gasteiger partial charge in [-0.15, -0.1) is 0 Å². The standard InChI is InChI=1S/C14H10BrFN2O3/c15-9-5-8(6-10(16)7-9)13(20)17-18-14(21)11-3-1-2-4-12(11)19/h1-7,19H,(H,17,20)(H,18,21). The molecule has 0 atom stereocenters. The van der Waals surface area contributed by atoms with E-state index in [0.717, 1.165) is 6.07 Å². The van der Waals surface area contributed by atoms with Crippen LogP contribution in [0.1, 0.15) is 20.7 Å². The number of halogens is 2. The third kappa shape index (κ3) is 3.79. The van der Waals surface area contributed by atoms with E-state index in [4.69, 9.17) is 0 Å². The molecule has 0 spiro atoms. The maximum Gasteiger partial charge on any atom is 0.273 e. The van der Waals surface area contributed by atoms with E-state index >= 15 is 0 Å². The molecule has 2 rings (SSSR count). The minimum absolute atomic E-state index is 0.0122. The van der Waals surface area contributed by atoms with Crippen molar-refractivity contribution in [2.45, 2.75) is 0 Å². The Kier molecular flexibility index (Phi) is 4.54. The number of para-hydroxylation sites is 1. The van der Waals surface area contributed by atoms with Crippen molar-refractivity contribution in [3.05, 3.63) is 63.9 Å². The SMILES string of the molecule is O=C(NNC(=O)c1ccccc1O)c1cc(F)cc(Br)c1. The van der Waals surface area contributed by atoms with Gasteiger partial charge in [-0.3, -0.25) is 20.4 Å². The van der Waals surface area contributed by atoms with Crippen LogP contribution in [0.3, 0.4) is 0 Å². The third-order valence-electron chi connectivity index (χ3n) is 2.56. The summed E-state index contributed by atoms with van der Waals surface area (Å²) in [6, 6.07) is 9.53. The lowest BCUT2D eigenvalue weighted by molar-refractivity contribution is 0.0845. The molecule has 0 fully saturated rings. The van der Waals surface area contributed by atoms with Crippen LogP contribution in [0.5, 0.6) is 5.75 Å². The summed E-state index contributed by atoms with van der Waals surface area (Å²) in [7, 11) is 0. The largest absolute Gasteiger partial charge is 0.507 e. The number of amides is 2. The van der Waals surface area contributed by atoms with Gasteiger partial charge < -0.3 is 5.11 Å². The molecule has 21 heavy (non-hydrogen) atoms. The van der Waals surface area contributed by atoms with Gasteiger partial charge in [0.2, 0.25) is 0 Å². The number of aromatic hydroxyl groups is 1. The Balaban J connectivity index is 2.04. The van der Waals surface area contributed by atoms with Gasteiger partial charge in [-0.1, -0.05) is 28.1 Å². The van der Waals surface area contributed by atoms with Gasteiger partial charge in [-0.25, -0.2) is 4.39 Å². The van der Waals surface area contributed by atoms with Crippen LogP contribution in [-0.2, 0) is 0 Å². The summed E-state index contributed by atoms with van der Waals surface area (Å²) in [6.45, 7) is 0. The maximum absolute atomic E-state index is 13.2. The molecule has 0 saturated heterocycles. The van der Waals surface area contributed by atoms with Gasteiger partial charge in [0.1, 0.15) is 11.6 Å². The zero-order valence-electron chi connectivity index (χ0n) is 10.6. The molecule has 0 bridgehead atoms. The number of phenolic OH excluding ortho intramolecular Hbond substituents is 1. The highest BCUT2D eigenvalue weighted by molar-refractivity contribution is 9.10. The smallest absolute Gasteiger partial charge is 0.273 e. The molecule has 0 aromatic heterocycles. The van der Waals surface area contributed by atoms with Crippen LogP contribution in [0.4, 0.5) is 4.39 Å². The van der Waals surface area contributed by atoms with Gasteiger partial charge in [-0.05, 0) is 30.3 Å². The average molecular weight is 353 g/mol. The molecule has 2 aromatic rings. The molecule has 0 unspecified atom stereocenters. The van der Waals surface area contributed by atoms with E-state index in [-0.39, 0.29) is 16.9 Å². The van der Waals surface area contributed by atoms with Gasteiger partial charge in [0.15, 0.2) is 0 Å². The summed E-state index contributed by atoms with van der Waals surface area (Å²) in [5.41, 5.74) is 4.34. The van der Waals surface area contributed by atoms with E-state index in [1.807, 2.05) is 0 Å². The van der Waals surface area contributed by atoms with Crippen LogP contribution in [0.25, 0.3) is 0 Å². The average Bonchev–Trinajstić information content (AvgIpc) is 2.43. The lowest BCUT2D eigenvalue weighted by Gasteiger charge is -2.08. The van der Waals surface area contributed by atoms with Crippen molar-refractivity contribution in [2.24, 2.45) is 0 Å². The van der Waals surface area contributed by atoms with Crippen LogP contribution in [0, 0.1) is 5.82 Å². The summed E-state index contributed by atoms with van der Waals surface area (Å²) in [6.07, 6.45) is 0. The molecular weight excluding hydrogens is 343 g/mol. The van der Waals surface area contributed by atoms with Crippen molar-refractivity contribution in [3.63, 3.8) is 0 Å². The molecular formula is C14H10BrFN2O3. The highest BCUT2D eigenvalue weighted by Gasteiger charge is 2.13. The predicted molar refractivity (Wildman–Crippen MR) is 77.1 cm³/mol. The number of nitrogens with one attached hydrogen (secondary N) is 2. The molecule has 0 aliphatic heterocycles.